The van der Waals surface area contributed by atoms with E-state index in [-0.39, 0.29) is 5.91 Å². The third kappa shape index (κ3) is 4.38. The number of aromatic nitrogens is 3. The van der Waals surface area contributed by atoms with Gasteiger partial charge in [0, 0.05) is 24.4 Å². The van der Waals surface area contributed by atoms with Crippen LogP contribution in [0.1, 0.15) is 12.5 Å². The van der Waals surface area contributed by atoms with Crippen LogP contribution in [0, 0.1) is 0 Å². The van der Waals surface area contributed by atoms with E-state index in [0.717, 1.165) is 37.0 Å². The summed E-state index contributed by atoms with van der Waals surface area (Å²) < 4.78 is 0. The fraction of sp³-hybridized carbons (Fsp3) is 0.111. The standard InChI is InChI=1S/C18H15N5OS3/c1-11(24)19-9-12-4-6-13(7-5-12)14-10-26-17(20-14)21-18-23-22-16(27-18)15-3-2-8-25-15/h2-8,10H,9H2,1H3,(H,19,24)(H,20,21,23). The van der Waals surface area contributed by atoms with E-state index in [1.54, 1.807) is 11.3 Å². The summed E-state index contributed by atoms with van der Waals surface area (Å²) in [4.78, 5) is 16.7. The molecule has 0 unspecified atom stereocenters. The van der Waals surface area contributed by atoms with Crippen molar-refractivity contribution in [1.82, 2.24) is 20.5 Å². The van der Waals surface area contributed by atoms with Gasteiger partial charge >= 0.3 is 0 Å². The lowest BCUT2D eigenvalue weighted by Gasteiger charge is -2.03. The van der Waals surface area contributed by atoms with Gasteiger partial charge in [-0.05, 0) is 17.0 Å². The van der Waals surface area contributed by atoms with E-state index in [0.29, 0.717) is 6.54 Å². The quantitative estimate of drug-likeness (QED) is 0.476. The van der Waals surface area contributed by atoms with Crippen LogP contribution >= 0.6 is 34.0 Å². The minimum atomic E-state index is -0.0341. The summed E-state index contributed by atoms with van der Waals surface area (Å²) in [7, 11) is 0. The Morgan fingerprint density at radius 3 is 2.67 bits per heavy atom. The zero-order valence-corrected chi connectivity index (χ0v) is 16.8. The molecule has 136 valence electrons. The number of anilines is 2. The third-order valence-electron chi connectivity index (χ3n) is 3.67. The molecule has 0 saturated heterocycles. The Labute approximate surface area is 168 Å². The SMILES string of the molecule is CC(=O)NCc1ccc(-c2csc(Nc3nnc(-c4cccs4)s3)n2)cc1. The Morgan fingerprint density at radius 1 is 1.07 bits per heavy atom. The van der Waals surface area contributed by atoms with Crippen molar-refractivity contribution in [2.24, 2.45) is 0 Å². The van der Waals surface area contributed by atoms with Crippen molar-refractivity contribution < 1.29 is 4.79 Å². The van der Waals surface area contributed by atoms with Crippen molar-refractivity contribution >= 4 is 50.2 Å². The molecule has 4 aromatic rings. The van der Waals surface area contributed by atoms with Crippen molar-refractivity contribution in [3.63, 3.8) is 0 Å². The largest absolute Gasteiger partial charge is 0.352 e. The Balaban J connectivity index is 1.43. The van der Waals surface area contributed by atoms with E-state index >= 15 is 0 Å². The van der Waals surface area contributed by atoms with Crippen LogP contribution in [-0.2, 0) is 11.3 Å². The molecular formula is C18H15N5OS3. The fourth-order valence-electron chi connectivity index (χ4n) is 2.35. The van der Waals surface area contributed by atoms with Gasteiger partial charge in [0.05, 0.1) is 10.6 Å². The molecule has 27 heavy (non-hydrogen) atoms. The van der Waals surface area contributed by atoms with E-state index in [9.17, 15) is 4.79 Å². The second-order valence-corrected chi connectivity index (χ2v) is 8.44. The van der Waals surface area contributed by atoms with Crippen LogP contribution in [-0.4, -0.2) is 21.1 Å². The molecule has 1 amide bonds. The second kappa shape index (κ2) is 7.95. The molecular weight excluding hydrogens is 398 g/mol. The number of hydrogen-bond donors (Lipinski definition) is 2. The van der Waals surface area contributed by atoms with Gasteiger partial charge in [-0.1, -0.05) is 41.7 Å². The van der Waals surface area contributed by atoms with Gasteiger partial charge in [-0.15, -0.1) is 32.9 Å². The van der Waals surface area contributed by atoms with Gasteiger partial charge in [0.15, 0.2) is 10.1 Å². The number of amides is 1. The van der Waals surface area contributed by atoms with Crippen LogP contribution in [0.2, 0.25) is 0 Å². The highest BCUT2D eigenvalue weighted by Gasteiger charge is 2.10. The summed E-state index contributed by atoms with van der Waals surface area (Å²) in [5.41, 5.74) is 2.98. The number of rotatable bonds is 6. The lowest BCUT2D eigenvalue weighted by atomic mass is 10.1. The molecule has 0 fully saturated rings. The third-order valence-corrected chi connectivity index (χ3v) is 6.30. The maximum atomic E-state index is 11.0. The number of thiazole rings is 1. The fourth-order valence-corrected chi connectivity index (χ4v) is 4.67. The Bertz CT molecular complexity index is 1040. The smallest absolute Gasteiger partial charge is 0.217 e. The number of carbonyl (C=O) groups excluding carboxylic acids is 1. The van der Waals surface area contributed by atoms with E-state index in [1.807, 2.05) is 47.2 Å². The van der Waals surface area contributed by atoms with Gasteiger partial charge in [0.25, 0.3) is 0 Å². The van der Waals surface area contributed by atoms with Crippen molar-refractivity contribution in [1.29, 1.82) is 0 Å². The predicted octanol–water partition coefficient (Wildman–Crippen LogP) is 4.77. The van der Waals surface area contributed by atoms with E-state index in [2.05, 4.69) is 25.8 Å². The number of hydrogen-bond acceptors (Lipinski definition) is 8. The minimum Gasteiger partial charge on any atom is -0.352 e. The molecule has 3 heterocycles. The lowest BCUT2D eigenvalue weighted by Crippen LogP contribution is -2.18. The van der Waals surface area contributed by atoms with Gasteiger partial charge in [-0.2, -0.15) is 0 Å². The molecule has 0 aliphatic rings. The zero-order chi connectivity index (χ0) is 18.6. The molecule has 0 saturated carbocycles. The molecule has 0 atom stereocenters. The van der Waals surface area contributed by atoms with Crippen molar-refractivity contribution in [3.05, 3.63) is 52.7 Å². The summed E-state index contributed by atoms with van der Waals surface area (Å²) >= 11 is 4.68. The summed E-state index contributed by atoms with van der Waals surface area (Å²) in [5, 5.41) is 20.9. The average molecular weight is 414 g/mol. The van der Waals surface area contributed by atoms with Gasteiger partial charge in [0.1, 0.15) is 0 Å². The number of carbonyl (C=O) groups is 1. The van der Waals surface area contributed by atoms with Gasteiger partial charge in [-0.3, -0.25) is 4.79 Å². The normalized spacial score (nSPS) is 10.7. The zero-order valence-electron chi connectivity index (χ0n) is 14.3. The van der Waals surface area contributed by atoms with Crippen LogP contribution in [0.25, 0.3) is 21.1 Å². The molecule has 0 aliphatic heterocycles. The lowest BCUT2D eigenvalue weighted by molar-refractivity contribution is -0.119. The molecule has 0 spiro atoms. The van der Waals surface area contributed by atoms with E-state index in [4.69, 9.17) is 0 Å². The highest BCUT2D eigenvalue weighted by Crippen LogP contribution is 2.32. The second-order valence-electron chi connectivity index (χ2n) is 5.66. The number of nitrogens with zero attached hydrogens (tertiary/aromatic N) is 3. The molecule has 4 rings (SSSR count). The monoisotopic (exact) mass is 413 g/mol. The van der Waals surface area contributed by atoms with Gasteiger partial charge in [-0.25, -0.2) is 4.98 Å². The first-order valence-corrected chi connectivity index (χ1v) is 10.7. The van der Waals surface area contributed by atoms with E-state index in [1.165, 1.54) is 29.6 Å². The molecule has 3 aromatic heterocycles. The van der Waals surface area contributed by atoms with Crippen LogP contribution < -0.4 is 10.6 Å². The molecule has 0 aliphatic carbocycles. The Kier molecular flexibility index (Phi) is 5.23. The maximum Gasteiger partial charge on any atom is 0.217 e. The summed E-state index contributed by atoms with van der Waals surface area (Å²) in [6.07, 6.45) is 0. The van der Waals surface area contributed by atoms with Gasteiger partial charge < -0.3 is 10.6 Å². The van der Waals surface area contributed by atoms with Crippen molar-refractivity contribution in [2.45, 2.75) is 13.5 Å². The maximum absolute atomic E-state index is 11.0. The Hall–Kier alpha value is -2.62. The summed E-state index contributed by atoms with van der Waals surface area (Å²) in [5.74, 6) is -0.0341. The highest BCUT2D eigenvalue weighted by molar-refractivity contribution is 7.23. The highest BCUT2D eigenvalue weighted by atomic mass is 32.1. The first-order valence-electron chi connectivity index (χ1n) is 8.11. The van der Waals surface area contributed by atoms with Crippen molar-refractivity contribution in [2.75, 3.05) is 5.32 Å². The molecule has 0 radical (unpaired) electrons. The van der Waals surface area contributed by atoms with E-state index < -0.39 is 0 Å². The van der Waals surface area contributed by atoms with Crippen LogP contribution in [0.5, 0.6) is 0 Å². The minimum absolute atomic E-state index is 0.0341. The molecule has 9 heteroatoms. The number of nitrogens with one attached hydrogen (secondary N) is 2. The Morgan fingerprint density at radius 2 is 1.93 bits per heavy atom. The predicted molar refractivity (Wildman–Crippen MR) is 112 cm³/mol. The number of thiophene rings is 1. The summed E-state index contributed by atoms with van der Waals surface area (Å²) in [6.45, 7) is 2.04. The molecule has 6 nitrogen and oxygen atoms in total. The molecule has 2 N–H and O–H groups in total. The first kappa shape index (κ1) is 17.8. The van der Waals surface area contributed by atoms with Crippen LogP contribution in [0.3, 0.4) is 0 Å². The van der Waals surface area contributed by atoms with Gasteiger partial charge in [0.2, 0.25) is 11.0 Å². The first-order chi connectivity index (χ1) is 13.2. The van der Waals surface area contributed by atoms with Crippen LogP contribution in [0.15, 0.2) is 47.2 Å². The van der Waals surface area contributed by atoms with Crippen molar-refractivity contribution in [3.8, 4) is 21.1 Å². The average Bonchev–Trinajstić information content (AvgIpc) is 3.42. The van der Waals surface area contributed by atoms with Crippen LogP contribution in [0.4, 0.5) is 10.3 Å². The molecule has 1 aromatic carbocycles. The summed E-state index contributed by atoms with van der Waals surface area (Å²) in [6, 6.07) is 12.0. The molecule has 0 bridgehead atoms. The number of benzene rings is 1. The topological polar surface area (TPSA) is 79.8 Å².